The quantitative estimate of drug-likeness (QED) is 0.775. The zero-order chi connectivity index (χ0) is 13.2. The summed E-state index contributed by atoms with van der Waals surface area (Å²) in [7, 11) is 0. The second-order valence-corrected chi connectivity index (χ2v) is 4.54. The largest absolute Gasteiger partial charge is 0.458 e. The van der Waals surface area contributed by atoms with E-state index in [1.807, 2.05) is 0 Å². The Morgan fingerprint density at radius 1 is 1.37 bits per heavy atom. The smallest absolute Gasteiger partial charge is 0.363 e. The Hall–Kier alpha value is -2.05. The fraction of sp³-hybridized carbons (Fsp3) is 0.500. The van der Waals surface area contributed by atoms with Gasteiger partial charge in [-0.25, -0.2) is 14.8 Å². The Balaban J connectivity index is 1.82. The normalized spacial score (nSPS) is 16.7. The molecule has 0 N–H and O–H groups in total. The van der Waals surface area contributed by atoms with Crippen molar-refractivity contribution in [3.05, 3.63) is 17.8 Å². The van der Waals surface area contributed by atoms with Crippen LogP contribution in [0.25, 0.3) is 11.2 Å². The van der Waals surface area contributed by atoms with Crippen LogP contribution < -0.4 is 0 Å². The Morgan fingerprint density at radius 2 is 2.16 bits per heavy atom. The van der Waals surface area contributed by atoms with Crippen LogP contribution in [0.2, 0.25) is 0 Å². The number of rotatable bonds is 2. The number of aromatic nitrogens is 3. The second-order valence-electron chi connectivity index (χ2n) is 4.54. The zero-order valence-electron chi connectivity index (χ0n) is 10.1. The molecule has 2 heterocycles. The first-order chi connectivity index (χ1) is 9.24. The van der Waals surface area contributed by atoms with Gasteiger partial charge in [-0.05, 0) is 25.7 Å². The number of ether oxygens (including phenoxy) is 1. The summed E-state index contributed by atoms with van der Waals surface area (Å²) < 4.78 is 23.2. The highest BCUT2D eigenvalue weighted by molar-refractivity contribution is 5.98. The molecule has 1 aliphatic rings. The first-order valence-corrected chi connectivity index (χ1v) is 6.23. The summed E-state index contributed by atoms with van der Waals surface area (Å²) in [6.45, 7) is 0. The first-order valence-electron chi connectivity index (χ1n) is 6.23. The maximum absolute atomic E-state index is 13.0. The summed E-state index contributed by atoms with van der Waals surface area (Å²) in [6, 6.07) is 0. The van der Waals surface area contributed by atoms with Crippen LogP contribution in [0.15, 0.2) is 10.7 Å². The van der Waals surface area contributed by atoms with Crippen LogP contribution in [0.4, 0.5) is 4.39 Å². The molecule has 0 bridgehead atoms. The molecule has 6 nitrogen and oxygen atoms in total. The predicted octanol–water partition coefficient (Wildman–Crippen LogP) is 2.25. The summed E-state index contributed by atoms with van der Waals surface area (Å²) >= 11 is 0. The van der Waals surface area contributed by atoms with Gasteiger partial charge in [0, 0.05) is 0 Å². The molecule has 100 valence electrons. The van der Waals surface area contributed by atoms with E-state index in [1.54, 1.807) is 0 Å². The molecule has 0 radical (unpaired) electrons. The van der Waals surface area contributed by atoms with Gasteiger partial charge in [-0.1, -0.05) is 11.6 Å². The number of fused-ring (bicyclic) bond motifs is 1. The van der Waals surface area contributed by atoms with Crippen LogP contribution >= 0.6 is 0 Å². The van der Waals surface area contributed by atoms with Crippen molar-refractivity contribution in [3.63, 3.8) is 0 Å². The number of carbonyl (C=O) groups excluding carboxylic acids is 1. The van der Waals surface area contributed by atoms with Gasteiger partial charge in [0.1, 0.15) is 6.10 Å². The van der Waals surface area contributed by atoms with Gasteiger partial charge in [-0.3, -0.25) is 0 Å². The van der Waals surface area contributed by atoms with E-state index in [0.717, 1.165) is 38.3 Å². The van der Waals surface area contributed by atoms with Crippen molar-refractivity contribution in [2.75, 3.05) is 0 Å². The summed E-state index contributed by atoms with van der Waals surface area (Å²) in [5, 5.41) is 3.56. The maximum atomic E-state index is 13.0. The highest BCUT2D eigenvalue weighted by Gasteiger charge is 2.24. The number of halogens is 1. The maximum Gasteiger partial charge on any atom is 0.363 e. The molecule has 0 saturated heterocycles. The zero-order valence-corrected chi connectivity index (χ0v) is 10.1. The molecule has 19 heavy (non-hydrogen) atoms. The topological polar surface area (TPSA) is 78.1 Å². The van der Waals surface area contributed by atoms with Gasteiger partial charge in [-0.2, -0.15) is 4.39 Å². The predicted molar refractivity (Wildman–Crippen MR) is 61.8 cm³/mol. The number of hydrogen-bond acceptors (Lipinski definition) is 6. The molecule has 0 aromatic carbocycles. The molecule has 2 aromatic rings. The molecule has 1 saturated carbocycles. The molecule has 2 aromatic heterocycles. The van der Waals surface area contributed by atoms with Crippen LogP contribution in [0.5, 0.6) is 0 Å². The molecular weight excluding hydrogens is 253 g/mol. The van der Waals surface area contributed by atoms with Crippen LogP contribution in [0.1, 0.15) is 42.6 Å². The fourth-order valence-corrected chi connectivity index (χ4v) is 2.23. The molecule has 1 fully saturated rings. The van der Waals surface area contributed by atoms with Gasteiger partial charge in [-0.15, -0.1) is 0 Å². The van der Waals surface area contributed by atoms with Gasteiger partial charge in [0.25, 0.3) is 5.71 Å². The number of nitrogens with zero attached hydrogens (tertiary/aromatic N) is 3. The lowest BCUT2D eigenvalue weighted by atomic mass is 9.98. The van der Waals surface area contributed by atoms with E-state index in [0.29, 0.717) is 0 Å². The van der Waals surface area contributed by atoms with Gasteiger partial charge < -0.3 is 9.26 Å². The molecule has 1 aliphatic carbocycles. The van der Waals surface area contributed by atoms with Gasteiger partial charge in [0.2, 0.25) is 11.6 Å². The minimum Gasteiger partial charge on any atom is -0.458 e. The summed E-state index contributed by atoms with van der Waals surface area (Å²) in [6.07, 6.45) is 5.76. The summed E-state index contributed by atoms with van der Waals surface area (Å²) in [4.78, 5) is 19.2. The standard InChI is InChI=1S/C12H12FN3O3/c13-8-6-14-11-9(15-8)10(16-19-11)12(17)18-7-4-2-1-3-5-7/h6-7H,1-5H2. The van der Waals surface area contributed by atoms with Crippen molar-refractivity contribution >= 4 is 17.2 Å². The lowest BCUT2D eigenvalue weighted by molar-refractivity contribution is 0.0202. The van der Waals surface area contributed by atoms with E-state index in [1.165, 1.54) is 0 Å². The van der Waals surface area contributed by atoms with E-state index in [9.17, 15) is 9.18 Å². The van der Waals surface area contributed by atoms with Gasteiger partial charge in [0.05, 0.1) is 6.20 Å². The Bertz CT molecular complexity index is 607. The van der Waals surface area contributed by atoms with Crippen molar-refractivity contribution in [2.24, 2.45) is 0 Å². The van der Waals surface area contributed by atoms with Crippen molar-refractivity contribution in [2.45, 2.75) is 38.2 Å². The fourth-order valence-electron chi connectivity index (χ4n) is 2.23. The third kappa shape index (κ3) is 2.40. The molecular formula is C12H12FN3O3. The second kappa shape index (κ2) is 4.91. The Labute approximate surface area is 108 Å². The molecule has 0 atom stereocenters. The number of hydrogen-bond donors (Lipinski definition) is 0. The lowest BCUT2D eigenvalue weighted by Crippen LogP contribution is -2.21. The van der Waals surface area contributed by atoms with Crippen molar-refractivity contribution in [1.29, 1.82) is 0 Å². The summed E-state index contributed by atoms with van der Waals surface area (Å²) in [5.41, 5.74) is -0.0922. The third-order valence-corrected chi connectivity index (χ3v) is 3.18. The molecule has 3 rings (SSSR count). The van der Waals surface area contributed by atoms with E-state index < -0.39 is 11.9 Å². The minimum atomic E-state index is -0.789. The van der Waals surface area contributed by atoms with Crippen LogP contribution in [-0.4, -0.2) is 27.2 Å². The highest BCUT2D eigenvalue weighted by Crippen LogP contribution is 2.22. The van der Waals surface area contributed by atoms with E-state index in [2.05, 4.69) is 15.1 Å². The van der Waals surface area contributed by atoms with Crippen molar-refractivity contribution in [1.82, 2.24) is 15.1 Å². The monoisotopic (exact) mass is 265 g/mol. The Kier molecular flexibility index (Phi) is 3.10. The first kappa shape index (κ1) is 12.0. The third-order valence-electron chi connectivity index (χ3n) is 3.18. The van der Waals surface area contributed by atoms with Crippen LogP contribution in [-0.2, 0) is 4.74 Å². The minimum absolute atomic E-state index is 0.000749. The average molecular weight is 265 g/mol. The molecule has 7 heteroatoms. The SMILES string of the molecule is O=C(OC1CCCCC1)c1noc2ncc(F)nc12. The molecule has 0 amide bonds. The van der Waals surface area contributed by atoms with Crippen LogP contribution in [0, 0.1) is 5.95 Å². The molecule has 0 aliphatic heterocycles. The molecule has 0 unspecified atom stereocenters. The summed E-state index contributed by atoms with van der Waals surface area (Å²) in [5.74, 6) is -1.42. The van der Waals surface area contributed by atoms with E-state index in [-0.39, 0.29) is 23.0 Å². The Morgan fingerprint density at radius 3 is 2.95 bits per heavy atom. The van der Waals surface area contributed by atoms with Crippen molar-refractivity contribution in [3.8, 4) is 0 Å². The average Bonchev–Trinajstić information content (AvgIpc) is 2.82. The number of esters is 1. The van der Waals surface area contributed by atoms with Crippen LogP contribution in [0.3, 0.4) is 0 Å². The van der Waals surface area contributed by atoms with E-state index >= 15 is 0 Å². The molecule has 0 spiro atoms. The van der Waals surface area contributed by atoms with Gasteiger partial charge in [0.15, 0.2) is 5.52 Å². The highest BCUT2D eigenvalue weighted by atomic mass is 19.1. The van der Waals surface area contributed by atoms with Gasteiger partial charge >= 0.3 is 5.97 Å². The number of carbonyl (C=O) groups is 1. The van der Waals surface area contributed by atoms with Crippen molar-refractivity contribution < 1.29 is 18.4 Å². The van der Waals surface area contributed by atoms with E-state index in [4.69, 9.17) is 9.26 Å². The lowest BCUT2D eigenvalue weighted by Gasteiger charge is -2.21.